The van der Waals surface area contributed by atoms with E-state index in [1.807, 2.05) is 39.8 Å². The monoisotopic (exact) mass is 312 g/mol. The molecule has 118 valence electrons. The number of halogens is 3. The Morgan fingerprint density at radius 1 is 1.41 bits per heavy atom. The van der Waals surface area contributed by atoms with E-state index in [1.54, 1.807) is 0 Å². The number of alkyl halides is 3. The zero-order valence-electron chi connectivity index (χ0n) is 11.9. The SMILES string of the molecule is Cn1cccc1CN1CCc2nc(C(F)(F)F)[nH]c(=O)c2C1. The predicted molar refractivity (Wildman–Crippen MR) is 73.1 cm³/mol. The van der Waals surface area contributed by atoms with E-state index in [2.05, 4.69) is 4.98 Å². The number of aromatic nitrogens is 3. The van der Waals surface area contributed by atoms with Gasteiger partial charge in [0, 0.05) is 45.0 Å². The van der Waals surface area contributed by atoms with Crippen LogP contribution in [0.15, 0.2) is 23.1 Å². The molecule has 1 aliphatic rings. The highest BCUT2D eigenvalue weighted by molar-refractivity contribution is 5.22. The van der Waals surface area contributed by atoms with Gasteiger partial charge in [-0.3, -0.25) is 9.69 Å². The van der Waals surface area contributed by atoms with Gasteiger partial charge >= 0.3 is 6.18 Å². The van der Waals surface area contributed by atoms with E-state index in [9.17, 15) is 18.0 Å². The molecule has 0 fully saturated rings. The van der Waals surface area contributed by atoms with Gasteiger partial charge < -0.3 is 9.55 Å². The molecule has 0 aromatic carbocycles. The first-order valence-corrected chi connectivity index (χ1v) is 6.86. The molecule has 0 amide bonds. The highest BCUT2D eigenvalue weighted by Crippen LogP contribution is 2.26. The lowest BCUT2D eigenvalue weighted by Gasteiger charge is -2.27. The molecular weight excluding hydrogens is 297 g/mol. The van der Waals surface area contributed by atoms with Crippen molar-refractivity contribution in [2.45, 2.75) is 25.7 Å². The molecule has 1 aliphatic heterocycles. The molecule has 0 saturated carbocycles. The van der Waals surface area contributed by atoms with Crippen LogP contribution in [0.4, 0.5) is 13.2 Å². The Kier molecular flexibility index (Phi) is 3.56. The molecule has 0 aliphatic carbocycles. The second-order valence-corrected chi connectivity index (χ2v) is 5.41. The minimum Gasteiger partial charge on any atom is -0.353 e. The van der Waals surface area contributed by atoms with Crippen molar-refractivity contribution in [1.82, 2.24) is 19.4 Å². The Morgan fingerprint density at radius 3 is 2.82 bits per heavy atom. The number of aromatic amines is 1. The van der Waals surface area contributed by atoms with Crippen molar-refractivity contribution in [2.24, 2.45) is 7.05 Å². The van der Waals surface area contributed by atoms with Crippen LogP contribution in [-0.4, -0.2) is 26.0 Å². The number of nitrogens with one attached hydrogen (secondary N) is 1. The molecule has 22 heavy (non-hydrogen) atoms. The van der Waals surface area contributed by atoms with E-state index in [4.69, 9.17) is 0 Å². The standard InChI is InChI=1S/C14H15F3N4O/c1-20-5-2-3-9(20)7-21-6-4-11-10(8-21)12(22)19-13(18-11)14(15,16)17/h2-3,5H,4,6-8H2,1H3,(H,18,19,22). The third-order valence-electron chi connectivity index (χ3n) is 3.85. The number of hydrogen-bond donors (Lipinski definition) is 1. The maximum absolute atomic E-state index is 12.7. The Balaban J connectivity index is 1.85. The van der Waals surface area contributed by atoms with Gasteiger partial charge in [0.15, 0.2) is 0 Å². The highest BCUT2D eigenvalue weighted by atomic mass is 19.4. The molecule has 3 rings (SSSR count). The molecule has 5 nitrogen and oxygen atoms in total. The summed E-state index contributed by atoms with van der Waals surface area (Å²) in [5.74, 6) is -1.22. The van der Waals surface area contributed by atoms with Crippen LogP contribution in [0.3, 0.4) is 0 Å². The van der Waals surface area contributed by atoms with Crippen LogP contribution in [0.5, 0.6) is 0 Å². The summed E-state index contributed by atoms with van der Waals surface area (Å²) in [6.45, 7) is 1.52. The molecule has 8 heteroatoms. The lowest BCUT2D eigenvalue weighted by Crippen LogP contribution is -2.37. The van der Waals surface area contributed by atoms with E-state index in [1.165, 1.54) is 0 Å². The van der Waals surface area contributed by atoms with Crippen molar-refractivity contribution in [3.05, 3.63) is 51.5 Å². The summed E-state index contributed by atoms with van der Waals surface area (Å²) in [6.07, 6.45) is -2.36. The van der Waals surface area contributed by atoms with Crippen LogP contribution in [0, 0.1) is 0 Å². The Morgan fingerprint density at radius 2 is 2.18 bits per heavy atom. The predicted octanol–water partition coefficient (Wildman–Crippen LogP) is 1.69. The fraction of sp³-hybridized carbons (Fsp3) is 0.429. The molecule has 0 atom stereocenters. The number of aryl methyl sites for hydroxylation is 1. The summed E-state index contributed by atoms with van der Waals surface area (Å²) < 4.78 is 40.0. The summed E-state index contributed by atoms with van der Waals surface area (Å²) in [5, 5.41) is 0. The number of hydrogen-bond acceptors (Lipinski definition) is 3. The molecule has 0 bridgehead atoms. The van der Waals surface area contributed by atoms with Crippen LogP contribution in [0.25, 0.3) is 0 Å². The minimum atomic E-state index is -4.63. The van der Waals surface area contributed by atoms with Crippen molar-refractivity contribution in [1.29, 1.82) is 0 Å². The lowest BCUT2D eigenvalue weighted by atomic mass is 10.1. The number of H-pyrrole nitrogens is 1. The maximum atomic E-state index is 12.7. The van der Waals surface area contributed by atoms with Gasteiger partial charge in [-0.2, -0.15) is 13.2 Å². The summed E-state index contributed by atoms with van der Waals surface area (Å²) in [6, 6.07) is 3.90. The first-order chi connectivity index (χ1) is 10.3. The number of rotatable bonds is 2. The minimum absolute atomic E-state index is 0.249. The third kappa shape index (κ3) is 2.78. The fourth-order valence-electron chi connectivity index (χ4n) is 2.64. The van der Waals surface area contributed by atoms with Crippen molar-refractivity contribution in [3.8, 4) is 0 Å². The van der Waals surface area contributed by atoms with Gasteiger partial charge in [-0.15, -0.1) is 0 Å². The first kappa shape index (κ1) is 14.8. The van der Waals surface area contributed by atoms with Crippen molar-refractivity contribution in [3.63, 3.8) is 0 Å². The van der Waals surface area contributed by atoms with Crippen LogP contribution in [-0.2, 0) is 32.7 Å². The first-order valence-electron chi connectivity index (χ1n) is 6.86. The van der Waals surface area contributed by atoms with Crippen LogP contribution in [0.2, 0.25) is 0 Å². The van der Waals surface area contributed by atoms with Gasteiger partial charge in [0.2, 0.25) is 5.82 Å². The second kappa shape index (κ2) is 5.28. The maximum Gasteiger partial charge on any atom is 0.449 e. The largest absolute Gasteiger partial charge is 0.449 e. The summed E-state index contributed by atoms with van der Waals surface area (Å²) in [7, 11) is 1.93. The van der Waals surface area contributed by atoms with E-state index in [-0.39, 0.29) is 5.69 Å². The Hall–Kier alpha value is -2.09. The van der Waals surface area contributed by atoms with Gasteiger partial charge in [-0.05, 0) is 12.1 Å². The van der Waals surface area contributed by atoms with Crippen molar-refractivity contribution >= 4 is 0 Å². The molecule has 1 N–H and O–H groups in total. The molecule has 0 unspecified atom stereocenters. The van der Waals surface area contributed by atoms with Crippen molar-refractivity contribution in [2.75, 3.05) is 6.54 Å². The normalized spacial score (nSPS) is 15.8. The number of nitrogens with zero attached hydrogens (tertiary/aromatic N) is 3. The zero-order valence-corrected chi connectivity index (χ0v) is 11.9. The molecule has 0 radical (unpaired) electrons. The summed E-state index contributed by atoms with van der Waals surface area (Å²) >= 11 is 0. The molecule has 2 aromatic heterocycles. The van der Waals surface area contributed by atoms with Crippen molar-refractivity contribution < 1.29 is 13.2 Å². The summed E-state index contributed by atoms with van der Waals surface area (Å²) in [4.78, 5) is 19.4. The topological polar surface area (TPSA) is 53.9 Å². The molecular formula is C14H15F3N4O. The van der Waals surface area contributed by atoms with Gasteiger partial charge in [0.25, 0.3) is 5.56 Å². The highest BCUT2D eigenvalue weighted by Gasteiger charge is 2.35. The van der Waals surface area contributed by atoms with E-state index >= 15 is 0 Å². The van der Waals surface area contributed by atoms with Crippen LogP contribution < -0.4 is 5.56 Å². The third-order valence-corrected chi connectivity index (χ3v) is 3.85. The smallest absolute Gasteiger partial charge is 0.353 e. The van der Waals surface area contributed by atoms with E-state index < -0.39 is 17.6 Å². The molecule has 3 heterocycles. The van der Waals surface area contributed by atoms with E-state index in [0.29, 0.717) is 31.6 Å². The summed E-state index contributed by atoms with van der Waals surface area (Å²) in [5.41, 5.74) is 0.960. The van der Waals surface area contributed by atoms with Gasteiger partial charge in [-0.1, -0.05) is 0 Å². The number of fused-ring (bicyclic) bond motifs is 1. The Bertz CT molecular complexity index is 747. The molecule has 2 aromatic rings. The van der Waals surface area contributed by atoms with Crippen LogP contribution >= 0.6 is 0 Å². The average molecular weight is 312 g/mol. The van der Waals surface area contributed by atoms with Gasteiger partial charge in [0.05, 0.1) is 11.3 Å². The molecule has 0 spiro atoms. The zero-order chi connectivity index (χ0) is 15.9. The van der Waals surface area contributed by atoms with Gasteiger partial charge in [0.1, 0.15) is 0 Å². The average Bonchev–Trinajstić information content (AvgIpc) is 2.84. The van der Waals surface area contributed by atoms with Crippen LogP contribution in [0.1, 0.15) is 22.8 Å². The quantitative estimate of drug-likeness (QED) is 0.918. The molecule has 0 saturated heterocycles. The lowest BCUT2D eigenvalue weighted by molar-refractivity contribution is -0.145. The second-order valence-electron chi connectivity index (χ2n) is 5.41. The Labute approximate surface area is 124 Å². The van der Waals surface area contributed by atoms with Gasteiger partial charge in [-0.25, -0.2) is 4.98 Å². The van der Waals surface area contributed by atoms with E-state index in [0.717, 1.165) is 5.69 Å². The fourth-order valence-corrected chi connectivity index (χ4v) is 2.64.